The van der Waals surface area contributed by atoms with Gasteiger partial charge >= 0.3 is 5.95 Å². The molecule has 0 aliphatic carbocycles. The molecule has 0 fully saturated rings. The molecule has 2 aromatic carbocycles. The van der Waals surface area contributed by atoms with Crippen LogP contribution in [0, 0.1) is 6.92 Å². The molecule has 0 saturated carbocycles. The highest BCUT2D eigenvalue weighted by atomic mass is 35.5. The van der Waals surface area contributed by atoms with E-state index >= 15 is 0 Å². The number of hydrogen-bond donors (Lipinski definition) is 1. The van der Waals surface area contributed by atoms with Gasteiger partial charge in [-0.05, 0) is 42.8 Å². The molecule has 0 bridgehead atoms. The number of methoxy groups -OCH3 is 3. The second kappa shape index (κ2) is 8.22. The van der Waals surface area contributed by atoms with E-state index in [-0.39, 0.29) is 17.5 Å². The molecular formula is C20H19ClN2O5. The molecule has 3 aromatic rings. The van der Waals surface area contributed by atoms with Crippen molar-refractivity contribution >= 4 is 23.5 Å². The van der Waals surface area contributed by atoms with Crippen molar-refractivity contribution in [3.8, 4) is 34.6 Å². The predicted octanol–water partition coefficient (Wildman–Crippen LogP) is 4.79. The summed E-state index contributed by atoms with van der Waals surface area (Å²) < 4.78 is 21.4. The highest BCUT2D eigenvalue weighted by Gasteiger charge is 2.19. The van der Waals surface area contributed by atoms with Gasteiger partial charge in [0.15, 0.2) is 17.2 Å². The quantitative estimate of drug-likeness (QED) is 0.597. The van der Waals surface area contributed by atoms with Crippen LogP contribution in [0.5, 0.6) is 23.2 Å². The van der Waals surface area contributed by atoms with E-state index in [4.69, 9.17) is 30.2 Å². The minimum absolute atomic E-state index is 0.186. The van der Waals surface area contributed by atoms with E-state index in [9.17, 15) is 5.11 Å². The Morgan fingerprint density at radius 2 is 1.75 bits per heavy atom. The van der Waals surface area contributed by atoms with Gasteiger partial charge in [-0.3, -0.25) is 4.99 Å². The van der Waals surface area contributed by atoms with Crippen LogP contribution in [0.1, 0.15) is 11.3 Å². The molecule has 1 heterocycles. The van der Waals surface area contributed by atoms with Crippen molar-refractivity contribution in [2.45, 2.75) is 6.92 Å². The number of aromatic hydroxyl groups is 1. The summed E-state index contributed by atoms with van der Waals surface area (Å²) in [6.07, 6.45) is 1.43. The summed E-state index contributed by atoms with van der Waals surface area (Å²) in [5.41, 5.74) is 2.35. The standard InChI is InChI=1S/C20H19ClN2O5/c1-11-7-13(21)5-6-14(11)22-10-15-20(24)28-19(23-15)12-8-16(25-2)18(27-4)17(9-12)26-3/h5-10,24H,1-4H3. The highest BCUT2D eigenvalue weighted by Crippen LogP contribution is 2.41. The summed E-state index contributed by atoms with van der Waals surface area (Å²) in [6.45, 7) is 1.89. The minimum atomic E-state index is -0.348. The molecule has 0 aliphatic rings. The molecule has 0 saturated heterocycles. The molecule has 1 N–H and O–H groups in total. The van der Waals surface area contributed by atoms with Crippen LogP contribution in [0.3, 0.4) is 0 Å². The summed E-state index contributed by atoms with van der Waals surface area (Å²) in [5, 5.41) is 10.7. The Balaban J connectivity index is 1.97. The van der Waals surface area contributed by atoms with Crippen molar-refractivity contribution in [3.63, 3.8) is 0 Å². The SMILES string of the molecule is COc1cc(-c2nc(C=Nc3ccc(Cl)cc3C)c(O)o2)cc(OC)c1OC. The fourth-order valence-corrected chi connectivity index (χ4v) is 2.86. The van der Waals surface area contributed by atoms with E-state index in [0.29, 0.717) is 33.5 Å². The number of benzene rings is 2. The van der Waals surface area contributed by atoms with Crippen LogP contribution in [0.15, 0.2) is 39.7 Å². The lowest BCUT2D eigenvalue weighted by atomic mass is 10.2. The van der Waals surface area contributed by atoms with Gasteiger partial charge in [0.2, 0.25) is 11.6 Å². The summed E-state index contributed by atoms with van der Waals surface area (Å²) >= 11 is 5.95. The zero-order valence-electron chi connectivity index (χ0n) is 15.8. The number of oxazole rings is 1. The Kier molecular flexibility index (Phi) is 5.75. The van der Waals surface area contributed by atoms with Gasteiger partial charge in [0, 0.05) is 10.6 Å². The third-order valence-electron chi connectivity index (χ3n) is 4.03. The molecule has 3 rings (SSSR count). The first-order chi connectivity index (χ1) is 13.5. The maximum atomic E-state index is 10.1. The monoisotopic (exact) mass is 402 g/mol. The fourth-order valence-electron chi connectivity index (χ4n) is 2.63. The highest BCUT2D eigenvalue weighted by molar-refractivity contribution is 6.30. The van der Waals surface area contributed by atoms with Crippen molar-refractivity contribution in [1.82, 2.24) is 4.98 Å². The first-order valence-corrected chi connectivity index (χ1v) is 8.65. The van der Waals surface area contributed by atoms with Crippen LogP contribution in [0.4, 0.5) is 5.69 Å². The van der Waals surface area contributed by atoms with E-state index in [2.05, 4.69) is 9.98 Å². The van der Waals surface area contributed by atoms with Gasteiger partial charge < -0.3 is 23.7 Å². The predicted molar refractivity (Wildman–Crippen MR) is 107 cm³/mol. The molecule has 0 aliphatic heterocycles. The summed E-state index contributed by atoms with van der Waals surface area (Å²) in [6, 6.07) is 8.68. The van der Waals surface area contributed by atoms with Gasteiger partial charge in [0.1, 0.15) is 0 Å². The van der Waals surface area contributed by atoms with Crippen LogP contribution in [0.25, 0.3) is 11.5 Å². The van der Waals surface area contributed by atoms with E-state index < -0.39 is 0 Å². The molecule has 28 heavy (non-hydrogen) atoms. The molecule has 0 unspecified atom stereocenters. The minimum Gasteiger partial charge on any atom is -0.493 e. The topological polar surface area (TPSA) is 86.3 Å². The number of aryl methyl sites for hydroxylation is 1. The smallest absolute Gasteiger partial charge is 0.312 e. The van der Waals surface area contributed by atoms with Crippen molar-refractivity contribution in [2.75, 3.05) is 21.3 Å². The number of aromatic nitrogens is 1. The van der Waals surface area contributed by atoms with Gasteiger partial charge in [0.25, 0.3) is 0 Å². The zero-order valence-corrected chi connectivity index (χ0v) is 16.6. The van der Waals surface area contributed by atoms with Gasteiger partial charge in [-0.2, -0.15) is 0 Å². The molecule has 0 atom stereocenters. The lowest BCUT2D eigenvalue weighted by Crippen LogP contribution is -1.95. The Morgan fingerprint density at radius 3 is 2.32 bits per heavy atom. The molecule has 0 radical (unpaired) electrons. The van der Waals surface area contributed by atoms with E-state index in [1.54, 1.807) is 30.3 Å². The van der Waals surface area contributed by atoms with Gasteiger partial charge in [-0.25, -0.2) is 4.98 Å². The molecule has 0 amide bonds. The number of ether oxygens (including phenoxy) is 3. The zero-order chi connectivity index (χ0) is 20.3. The van der Waals surface area contributed by atoms with E-state index in [1.807, 2.05) is 6.92 Å². The average molecular weight is 403 g/mol. The van der Waals surface area contributed by atoms with Crippen LogP contribution < -0.4 is 14.2 Å². The molecule has 8 heteroatoms. The third-order valence-corrected chi connectivity index (χ3v) is 4.27. The van der Waals surface area contributed by atoms with Gasteiger partial charge in [-0.15, -0.1) is 0 Å². The number of aliphatic imine (C=N–C) groups is 1. The van der Waals surface area contributed by atoms with E-state index in [1.165, 1.54) is 27.5 Å². The number of rotatable bonds is 6. The van der Waals surface area contributed by atoms with Crippen LogP contribution in [0.2, 0.25) is 5.02 Å². The van der Waals surface area contributed by atoms with Crippen molar-refractivity contribution < 1.29 is 23.7 Å². The second-order valence-corrected chi connectivity index (χ2v) is 6.25. The first-order valence-electron chi connectivity index (χ1n) is 8.27. The van der Waals surface area contributed by atoms with Crippen molar-refractivity contribution in [2.24, 2.45) is 4.99 Å². The largest absolute Gasteiger partial charge is 0.493 e. The number of nitrogens with zero attached hydrogens (tertiary/aromatic N) is 2. The van der Waals surface area contributed by atoms with Crippen LogP contribution in [-0.2, 0) is 0 Å². The third kappa shape index (κ3) is 3.89. The Hall–Kier alpha value is -3.19. The normalized spacial score (nSPS) is 11.0. The first kappa shape index (κ1) is 19.6. The summed E-state index contributed by atoms with van der Waals surface area (Å²) in [7, 11) is 4.55. The van der Waals surface area contributed by atoms with Gasteiger partial charge in [-0.1, -0.05) is 11.6 Å². The number of hydrogen-bond acceptors (Lipinski definition) is 7. The maximum absolute atomic E-state index is 10.1. The number of halogens is 1. The van der Waals surface area contributed by atoms with Crippen LogP contribution >= 0.6 is 11.6 Å². The van der Waals surface area contributed by atoms with E-state index in [0.717, 1.165) is 5.56 Å². The van der Waals surface area contributed by atoms with Gasteiger partial charge in [0.05, 0.1) is 33.2 Å². The maximum Gasteiger partial charge on any atom is 0.312 e. The second-order valence-electron chi connectivity index (χ2n) is 5.81. The Bertz CT molecular complexity index is 1000. The molecular weight excluding hydrogens is 384 g/mol. The lowest BCUT2D eigenvalue weighted by molar-refractivity contribution is 0.323. The Labute approximate surface area is 167 Å². The van der Waals surface area contributed by atoms with Crippen LogP contribution in [-0.4, -0.2) is 37.6 Å². The average Bonchev–Trinajstić information content (AvgIpc) is 3.06. The summed E-state index contributed by atoms with van der Waals surface area (Å²) in [4.78, 5) is 8.65. The molecule has 1 aromatic heterocycles. The lowest BCUT2D eigenvalue weighted by Gasteiger charge is -2.12. The molecule has 146 valence electrons. The molecule has 7 nitrogen and oxygen atoms in total. The Morgan fingerprint density at radius 1 is 1.07 bits per heavy atom. The van der Waals surface area contributed by atoms with Crippen molar-refractivity contribution in [3.05, 3.63) is 46.6 Å². The van der Waals surface area contributed by atoms with Crippen molar-refractivity contribution in [1.29, 1.82) is 0 Å². The molecule has 0 spiro atoms. The summed E-state index contributed by atoms with van der Waals surface area (Å²) in [5.74, 6) is 1.18. The fraction of sp³-hybridized carbons (Fsp3) is 0.200.